The van der Waals surface area contributed by atoms with Gasteiger partial charge in [0.1, 0.15) is 17.5 Å². The molecule has 4 aromatic carbocycles. The number of phenolic OH excluding ortho intramolecular Hbond substituents is 2. The highest BCUT2D eigenvalue weighted by atomic mass is 35.5. The Morgan fingerprint density at radius 1 is 0.661 bits per heavy atom. The fourth-order valence-electron chi connectivity index (χ4n) is 9.98. The molecule has 0 saturated carbocycles. The van der Waals surface area contributed by atoms with Gasteiger partial charge in [-0.25, -0.2) is 0 Å². The molecule has 4 aromatic rings. The predicted octanol–water partition coefficient (Wildman–Crippen LogP) is 6.66. The molecule has 0 aliphatic carbocycles. The lowest BCUT2D eigenvalue weighted by molar-refractivity contribution is -0.136. The summed E-state index contributed by atoms with van der Waals surface area (Å²) in [5, 5.41) is 22.3. The van der Waals surface area contributed by atoms with Crippen LogP contribution in [-0.2, 0) is 9.59 Å². The fraction of sp³-hybridized carbons (Fsp3) is 0.362. The van der Waals surface area contributed by atoms with Crippen LogP contribution in [-0.4, -0.2) is 100 Å². The molecule has 0 radical (unpaired) electrons. The summed E-state index contributed by atoms with van der Waals surface area (Å²) in [4.78, 5) is 59.6. The number of nitrogens with one attached hydrogen (secondary N) is 1. The maximum absolute atomic E-state index is 13.5. The molecule has 2 bridgehead atoms. The quantitative estimate of drug-likeness (QED) is 0.0914. The molecule has 3 atom stereocenters. The smallest absolute Gasteiger partial charge is 0.262 e. The van der Waals surface area contributed by atoms with Crippen LogP contribution in [0.1, 0.15) is 82.4 Å². The van der Waals surface area contributed by atoms with Crippen molar-refractivity contribution in [2.24, 2.45) is 5.92 Å². The molecule has 12 heteroatoms. The van der Waals surface area contributed by atoms with Crippen LogP contribution in [0.15, 0.2) is 91.0 Å². The lowest BCUT2D eigenvalue weighted by atomic mass is 9.88. The molecule has 5 heterocycles. The van der Waals surface area contributed by atoms with E-state index in [1.165, 1.54) is 5.69 Å². The van der Waals surface area contributed by atoms with E-state index >= 15 is 0 Å². The van der Waals surface area contributed by atoms with Gasteiger partial charge in [0.25, 0.3) is 11.8 Å². The number of imide groups is 2. The van der Waals surface area contributed by atoms with E-state index in [1.54, 1.807) is 30.3 Å². The number of piperazine rings is 1. The molecule has 4 fully saturated rings. The first-order valence-electron chi connectivity index (χ1n) is 20.7. The van der Waals surface area contributed by atoms with Crippen LogP contribution >= 0.6 is 11.6 Å². The van der Waals surface area contributed by atoms with Crippen molar-refractivity contribution in [3.05, 3.63) is 119 Å². The number of carbonyl (C=O) groups is 4. The maximum atomic E-state index is 13.5. The van der Waals surface area contributed by atoms with Crippen molar-refractivity contribution < 1.29 is 29.4 Å². The van der Waals surface area contributed by atoms with E-state index < -0.39 is 23.8 Å². The summed E-state index contributed by atoms with van der Waals surface area (Å²) in [5.74, 6) is -0.463. The number of halogens is 1. The van der Waals surface area contributed by atoms with Gasteiger partial charge in [-0.3, -0.25) is 34.3 Å². The molecule has 11 nitrogen and oxygen atoms in total. The van der Waals surface area contributed by atoms with E-state index in [9.17, 15) is 29.4 Å². The molecular weight excluding hydrogens is 766 g/mol. The number of piperidine rings is 2. The number of aromatic hydroxyl groups is 2. The van der Waals surface area contributed by atoms with Gasteiger partial charge in [-0.15, -0.1) is 11.6 Å². The first-order chi connectivity index (χ1) is 28.6. The second-order valence-electron chi connectivity index (χ2n) is 16.5. The number of phenols is 2. The summed E-state index contributed by atoms with van der Waals surface area (Å²) in [6.45, 7) is 4.78. The minimum absolute atomic E-state index is 0.0961. The second-order valence-corrected chi connectivity index (χ2v) is 16.9. The van der Waals surface area contributed by atoms with Crippen molar-refractivity contribution in [3.8, 4) is 11.5 Å². The Bertz CT molecular complexity index is 2290. The highest BCUT2D eigenvalue weighted by Gasteiger charge is 2.46. The van der Waals surface area contributed by atoms with Crippen molar-refractivity contribution in [3.63, 3.8) is 0 Å². The average Bonchev–Trinajstić information content (AvgIpc) is 3.62. The molecule has 4 amide bonds. The molecular formula is C47H48ClN5O6. The normalized spacial score (nSPS) is 22.8. The van der Waals surface area contributed by atoms with E-state index in [0.717, 1.165) is 96.8 Å². The number of alkyl halides is 1. The van der Waals surface area contributed by atoms with Crippen molar-refractivity contribution in [2.45, 2.75) is 63.1 Å². The van der Waals surface area contributed by atoms with Gasteiger partial charge in [0.05, 0.1) is 11.1 Å². The van der Waals surface area contributed by atoms with Crippen molar-refractivity contribution in [1.82, 2.24) is 15.1 Å². The number of hydrogen-bond acceptors (Lipinski definition) is 9. The van der Waals surface area contributed by atoms with E-state index in [0.29, 0.717) is 41.4 Å². The van der Waals surface area contributed by atoms with E-state index in [2.05, 4.69) is 44.3 Å². The Kier molecular flexibility index (Phi) is 10.7. The summed E-state index contributed by atoms with van der Waals surface area (Å²) >= 11 is 6.36. The van der Waals surface area contributed by atoms with Crippen LogP contribution in [0, 0.1) is 5.92 Å². The zero-order valence-corrected chi connectivity index (χ0v) is 33.6. The first-order valence-corrected chi connectivity index (χ1v) is 21.3. The van der Waals surface area contributed by atoms with Gasteiger partial charge in [-0.2, -0.15) is 0 Å². The molecule has 0 spiro atoms. The van der Waals surface area contributed by atoms with E-state index in [-0.39, 0.29) is 30.2 Å². The largest absolute Gasteiger partial charge is 0.508 e. The maximum Gasteiger partial charge on any atom is 0.262 e. The fourth-order valence-corrected chi connectivity index (χ4v) is 10.2. The lowest BCUT2D eigenvalue weighted by Gasteiger charge is -2.44. The highest BCUT2D eigenvalue weighted by molar-refractivity contribution is 6.23. The molecule has 0 aromatic heterocycles. The average molecular weight is 814 g/mol. The third-order valence-corrected chi connectivity index (χ3v) is 13.2. The van der Waals surface area contributed by atoms with Gasteiger partial charge >= 0.3 is 0 Å². The molecule has 4 saturated heterocycles. The van der Waals surface area contributed by atoms with E-state index in [1.807, 2.05) is 36.4 Å². The van der Waals surface area contributed by atoms with Gasteiger partial charge in [-0.1, -0.05) is 36.4 Å². The summed E-state index contributed by atoms with van der Waals surface area (Å²) in [6.07, 6.45) is 5.38. The van der Waals surface area contributed by atoms with Crippen LogP contribution in [0.3, 0.4) is 0 Å². The SMILES string of the molecule is O=C1CCC(N2C(=O)c3ccc(N4CC5CCC(C4)N5CC4CCN(c5ccc(C(=C(CCCl)c6ccc(O)cc6)c6ccc(O)cc6)cc5)CC4)cc3C2=O)C(=O)N1. The van der Waals surface area contributed by atoms with Gasteiger partial charge in [0, 0.05) is 68.5 Å². The number of hydrogen-bond donors (Lipinski definition) is 3. The standard InChI is InChI=1S/C47H48ClN5O6/c48-22-19-39(30-3-12-37(54)13-4-30)44(32-5-14-38(55)15-6-32)31-1-7-33(8-2-31)50-23-20-29(21-24-50)26-52-35-9-10-36(52)28-51(27-35)34-11-16-40-41(25-34)47(59)53(46(40)58)42-17-18-43(56)49-45(42)57/h1-8,11-16,25,29,35-36,42,54-55H,9-10,17-24,26-28H2,(H,49,56,57). The van der Waals surface area contributed by atoms with Crippen molar-refractivity contribution >= 4 is 57.8 Å². The first kappa shape index (κ1) is 38.8. The Balaban J connectivity index is 0.837. The number of amides is 4. The third kappa shape index (κ3) is 7.58. The summed E-state index contributed by atoms with van der Waals surface area (Å²) < 4.78 is 0. The van der Waals surface area contributed by atoms with Crippen LogP contribution in [0.25, 0.3) is 11.1 Å². The predicted molar refractivity (Wildman–Crippen MR) is 228 cm³/mol. The van der Waals surface area contributed by atoms with Crippen LogP contribution in [0.5, 0.6) is 11.5 Å². The number of allylic oxidation sites excluding steroid dienone is 1. The zero-order valence-electron chi connectivity index (χ0n) is 32.9. The number of fused-ring (bicyclic) bond motifs is 3. The summed E-state index contributed by atoms with van der Waals surface area (Å²) in [5.41, 5.74) is 7.92. The number of carbonyl (C=O) groups excluding carboxylic acids is 4. The van der Waals surface area contributed by atoms with Gasteiger partial charge in [0.2, 0.25) is 11.8 Å². The summed E-state index contributed by atoms with van der Waals surface area (Å²) in [6, 6.07) is 28.6. The molecule has 3 unspecified atom stereocenters. The molecule has 304 valence electrons. The zero-order chi connectivity index (χ0) is 40.8. The number of rotatable bonds is 10. The second kappa shape index (κ2) is 16.2. The van der Waals surface area contributed by atoms with Crippen LogP contribution < -0.4 is 15.1 Å². The Labute approximate surface area is 348 Å². The third-order valence-electron chi connectivity index (χ3n) is 13.0. The minimum atomic E-state index is -0.971. The highest BCUT2D eigenvalue weighted by Crippen LogP contribution is 2.39. The lowest BCUT2D eigenvalue weighted by Crippen LogP contribution is -2.55. The monoisotopic (exact) mass is 813 g/mol. The number of benzene rings is 4. The molecule has 5 aliphatic rings. The van der Waals surface area contributed by atoms with Gasteiger partial charge in [0.15, 0.2) is 0 Å². The van der Waals surface area contributed by atoms with Crippen molar-refractivity contribution in [2.75, 3.05) is 48.4 Å². The molecule has 5 aliphatic heterocycles. The van der Waals surface area contributed by atoms with Gasteiger partial charge < -0.3 is 20.0 Å². The van der Waals surface area contributed by atoms with Gasteiger partial charge in [-0.05, 0) is 127 Å². The van der Waals surface area contributed by atoms with Crippen LogP contribution in [0.2, 0.25) is 0 Å². The number of nitrogens with zero attached hydrogens (tertiary/aromatic N) is 4. The molecule has 9 rings (SSSR count). The summed E-state index contributed by atoms with van der Waals surface area (Å²) in [7, 11) is 0. The Morgan fingerprint density at radius 2 is 1.24 bits per heavy atom. The van der Waals surface area contributed by atoms with E-state index in [4.69, 9.17) is 11.6 Å². The topological polar surface area (TPSA) is 134 Å². The molecule has 59 heavy (non-hydrogen) atoms. The molecule has 3 N–H and O–H groups in total. The van der Waals surface area contributed by atoms with Crippen LogP contribution in [0.4, 0.5) is 11.4 Å². The number of anilines is 2. The Hall–Kier alpha value is -5.65. The minimum Gasteiger partial charge on any atom is -0.508 e. The Morgan fingerprint density at radius 3 is 1.85 bits per heavy atom. The van der Waals surface area contributed by atoms with Crippen molar-refractivity contribution in [1.29, 1.82) is 0 Å².